The maximum atomic E-state index is 12.5. The van der Waals surface area contributed by atoms with E-state index in [0.29, 0.717) is 12.0 Å². The van der Waals surface area contributed by atoms with Gasteiger partial charge < -0.3 is 10.6 Å². The van der Waals surface area contributed by atoms with Gasteiger partial charge >= 0.3 is 0 Å². The molecule has 0 aromatic carbocycles. The van der Waals surface area contributed by atoms with Gasteiger partial charge in [0.25, 0.3) is 0 Å². The Morgan fingerprint density at radius 2 is 2.22 bits per heavy atom. The first-order valence-corrected chi connectivity index (χ1v) is 9.64. The molecule has 6 heteroatoms. The maximum absolute atomic E-state index is 12.5. The van der Waals surface area contributed by atoms with Crippen LogP contribution in [0.25, 0.3) is 0 Å². The molecule has 0 spiro atoms. The number of nitrogens with one attached hydrogen (secondary N) is 2. The molecular weight excluding hydrogens is 308 g/mol. The average molecular weight is 337 g/mol. The molecule has 0 saturated carbocycles. The van der Waals surface area contributed by atoms with Gasteiger partial charge in [-0.25, -0.2) is 4.98 Å². The van der Waals surface area contributed by atoms with E-state index in [4.69, 9.17) is 0 Å². The first kappa shape index (κ1) is 16.9. The van der Waals surface area contributed by atoms with Crippen LogP contribution in [0.1, 0.15) is 36.9 Å². The van der Waals surface area contributed by atoms with Crippen LogP contribution in [-0.2, 0) is 11.3 Å². The highest BCUT2D eigenvalue weighted by molar-refractivity contribution is 7.09. The summed E-state index contributed by atoms with van der Waals surface area (Å²) in [5, 5.41) is 9.96. The zero-order valence-electron chi connectivity index (χ0n) is 14.2. The highest BCUT2D eigenvalue weighted by atomic mass is 32.1. The number of aryl methyl sites for hydroxylation is 1. The van der Waals surface area contributed by atoms with Crippen LogP contribution >= 0.6 is 11.3 Å². The summed E-state index contributed by atoms with van der Waals surface area (Å²) in [6.45, 7) is 9.20. The third-order valence-electron chi connectivity index (χ3n) is 5.12. The molecule has 3 heterocycles. The second-order valence-electron chi connectivity index (χ2n) is 6.99. The van der Waals surface area contributed by atoms with E-state index in [1.54, 1.807) is 11.3 Å². The van der Waals surface area contributed by atoms with Gasteiger partial charge in [-0.1, -0.05) is 6.92 Å². The Morgan fingerprint density at radius 3 is 2.87 bits per heavy atom. The fourth-order valence-electron chi connectivity index (χ4n) is 3.59. The molecule has 3 rings (SSSR count). The monoisotopic (exact) mass is 336 g/mol. The molecule has 0 bridgehead atoms. The Balaban J connectivity index is 1.43. The highest BCUT2D eigenvalue weighted by Crippen LogP contribution is 2.21. The van der Waals surface area contributed by atoms with E-state index in [-0.39, 0.29) is 11.8 Å². The van der Waals surface area contributed by atoms with Crippen LogP contribution in [0.5, 0.6) is 0 Å². The Bertz CT molecular complexity index is 524. The summed E-state index contributed by atoms with van der Waals surface area (Å²) >= 11 is 1.71. The van der Waals surface area contributed by atoms with Gasteiger partial charge in [0, 0.05) is 23.9 Å². The molecule has 2 fully saturated rings. The summed E-state index contributed by atoms with van der Waals surface area (Å²) < 4.78 is 0. The van der Waals surface area contributed by atoms with E-state index in [1.807, 2.05) is 6.92 Å². The zero-order chi connectivity index (χ0) is 16.2. The van der Waals surface area contributed by atoms with Crippen molar-refractivity contribution in [2.24, 2.45) is 11.8 Å². The molecule has 1 aromatic heterocycles. The predicted molar refractivity (Wildman–Crippen MR) is 93.4 cm³/mol. The molecular formula is C17H28N4OS. The summed E-state index contributed by atoms with van der Waals surface area (Å²) in [5.74, 6) is 0.985. The van der Waals surface area contributed by atoms with Crippen molar-refractivity contribution in [3.05, 3.63) is 16.1 Å². The fourth-order valence-corrected chi connectivity index (χ4v) is 4.20. The normalized spacial score (nSPS) is 27.0. The van der Waals surface area contributed by atoms with Crippen LogP contribution in [0.2, 0.25) is 0 Å². The van der Waals surface area contributed by atoms with E-state index in [1.165, 1.54) is 5.69 Å². The van der Waals surface area contributed by atoms with E-state index in [0.717, 1.165) is 57.0 Å². The fraction of sp³-hybridized carbons (Fsp3) is 0.765. The van der Waals surface area contributed by atoms with Gasteiger partial charge in [-0.15, -0.1) is 11.3 Å². The van der Waals surface area contributed by atoms with Gasteiger partial charge in [0.05, 0.1) is 10.7 Å². The molecule has 2 saturated heterocycles. The molecule has 2 unspecified atom stereocenters. The highest BCUT2D eigenvalue weighted by Gasteiger charge is 2.29. The number of carbonyl (C=O) groups excluding carboxylic acids is 1. The summed E-state index contributed by atoms with van der Waals surface area (Å²) in [6.07, 6.45) is 2.98. The number of hydrogen-bond donors (Lipinski definition) is 2. The van der Waals surface area contributed by atoms with Crippen molar-refractivity contribution in [1.29, 1.82) is 0 Å². The van der Waals surface area contributed by atoms with Crippen molar-refractivity contribution in [1.82, 2.24) is 20.5 Å². The molecule has 5 nitrogen and oxygen atoms in total. The third-order valence-corrected chi connectivity index (χ3v) is 5.95. The molecule has 0 aliphatic carbocycles. The van der Waals surface area contributed by atoms with Gasteiger partial charge in [0.2, 0.25) is 5.91 Å². The summed E-state index contributed by atoms with van der Waals surface area (Å²) in [4.78, 5) is 19.5. The lowest BCUT2D eigenvalue weighted by Crippen LogP contribution is -2.51. The first-order chi connectivity index (χ1) is 11.1. The number of hydrogen-bond acceptors (Lipinski definition) is 5. The number of thiazole rings is 1. The molecule has 1 aromatic rings. The van der Waals surface area contributed by atoms with Crippen molar-refractivity contribution in [2.45, 2.75) is 45.7 Å². The van der Waals surface area contributed by atoms with Crippen LogP contribution in [0.15, 0.2) is 5.38 Å². The first-order valence-electron chi connectivity index (χ1n) is 8.76. The Hall–Kier alpha value is -0.980. The van der Waals surface area contributed by atoms with Gasteiger partial charge in [-0.05, 0) is 58.3 Å². The number of likely N-dealkylation sites (tertiary alicyclic amines) is 1. The van der Waals surface area contributed by atoms with Crippen LogP contribution < -0.4 is 10.6 Å². The van der Waals surface area contributed by atoms with Crippen LogP contribution in [-0.4, -0.2) is 48.0 Å². The largest absolute Gasteiger partial charge is 0.353 e. The minimum atomic E-state index is 0.186. The molecule has 23 heavy (non-hydrogen) atoms. The van der Waals surface area contributed by atoms with E-state index in [2.05, 4.69) is 32.8 Å². The summed E-state index contributed by atoms with van der Waals surface area (Å²) in [7, 11) is 0. The lowest BCUT2D eigenvalue weighted by Gasteiger charge is -2.34. The van der Waals surface area contributed by atoms with Crippen molar-refractivity contribution in [3.8, 4) is 0 Å². The average Bonchev–Trinajstić information content (AvgIpc) is 2.95. The van der Waals surface area contributed by atoms with Crippen LogP contribution in [0.3, 0.4) is 0 Å². The van der Waals surface area contributed by atoms with Crippen molar-refractivity contribution in [3.63, 3.8) is 0 Å². The minimum absolute atomic E-state index is 0.186. The summed E-state index contributed by atoms with van der Waals surface area (Å²) in [5.41, 5.74) is 1.17. The molecule has 0 radical (unpaired) electrons. The van der Waals surface area contributed by atoms with E-state index < -0.39 is 0 Å². The predicted octanol–water partition coefficient (Wildman–Crippen LogP) is 1.78. The smallest absolute Gasteiger partial charge is 0.223 e. The van der Waals surface area contributed by atoms with Crippen LogP contribution in [0, 0.1) is 18.8 Å². The Kier molecular flexibility index (Phi) is 5.67. The topological polar surface area (TPSA) is 57.3 Å². The lowest BCUT2D eigenvalue weighted by atomic mass is 9.92. The Morgan fingerprint density at radius 1 is 1.43 bits per heavy atom. The number of carbonyl (C=O) groups is 1. The maximum Gasteiger partial charge on any atom is 0.223 e. The van der Waals surface area contributed by atoms with Crippen LogP contribution in [0.4, 0.5) is 0 Å². The number of aromatic nitrogens is 1. The van der Waals surface area contributed by atoms with Gasteiger partial charge in [-0.2, -0.15) is 0 Å². The lowest BCUT2D eigenvalue weighted by molar-refractivity contribution is -0.127. The molecule has 2 aliphatic rings. The molecule has 2 aliphatic heterocycles. The SMILES string of the molecule is Cc1nc(CN2CCC(C(=O)NC3CCNCC3C)CC2)cs1. The van der Waals surface area contributed by atoms with Gasteiger partial charge in [0.15, 0.2) is 0 Å². The number of piperidine rings is 2. The zero-order valence-corrected chi connectivity index (χ0v) is 15.0. The quantitative estimate of drug-likeness (QED) is 0.880. The summed E-state index contributed by atoms with van der Waals surface area (Å²) in [6, 6.07) is 0.347. The second kappa shape index (κ2) is 7.73. The number of nitrogens with zero attached hydrogens (tertiary/aromatic N) is 2. The Labute approximate surface area is 142 Å². The minimum Gasteiger partial charge on any atom is -0.353 e. The molecule has 1 amide bonds. The van der Waals surface area contributed by atoms with Crippen molar-refractivity contribution >= 4 is 17.2 Å². The van der Waals surface area contributed by atoms with Gasteiger partial charge in [-0.3, -0.25) is 9.69 Å². The van der Waals surface area contributed by atoms with E-state index >= 15 is 0 Å². The molecule has 2 atom stereocenters. The number of amides is 1. The molecule has 2 N–H and O–H groups in total. The number of rotatable bonds is 4. The van der Waals surface area contributed by atoms with E-state index in [9.17, 15) is 4.79 Å². The standard InChI is InChI=1S/C17H28N4OS/c1-12-9-18-6-3-16(12)20-17(22)14-4-7-21(8-5-14)10-15-11-23-13(2)19-15/h11-12,14,16,18H,3-10H2,1-2H3,(H,20,22). The van der Waals surface area contributed by atoms with Gasteiger partial charge in [0.1, 0.15) is 0 Å². The van der Waals surface area contributed by atoms with Crippen molar-refractivity contribution in [2.75, 3.05) is 26.2 Å². The van der Waals surface area contributed by atoms with Crippen molar-refractivity contribution < 1.29 is 4.79 Å². The third kappa shape index (κ3) is 4.52. The second-order valence-corrected chi connectivity index (χ2v) is 8.06. The molecule has 128 valence electrons.